The highest BCUT2D eigenvalue weighted by atomic mass is 32.2. The van der Waals surface area contributed by atoms with Crippen LogP contribution >= 0.6 is 0 Å². The van der Waals surface area contributed by atoms with Gasteiger partial charge in [0.1, 0.15) is 5.82 Å². The Hall–Kier alpha value is -1.67. The fraction of sp³-hybridized carbons (Fsp3) is 0.600. The number of anilines is 1. The Morgan fingerprint density at radius 1 is 1.26 bits per heavy atom. The summed E-state index contributed by atoms with van der Waals surface area (Å²) in [4.78, 5) is 18.4. The Kier molecular flexibility index (Phi) is 4.68. The molecule has 2 amide bonds. The van der Waals surface area contributed by atoms with Crippen LogP contribution in [0.15, 0.2) is 12.1 Å². The number of urea groups is 1. The summed E-state index contributed by atoms with van der Waals surface area (Å²) < 4.78 is 25.1. The molecule has 0 aliphatic carbocycles. The van der Waals surface area contributed by atoms with Gasteiger partial charge in [-0.3, -0.25) is 5.32 Å². The third-order valence-corrected chi connectivity index (χ3v) is 5.32. The van der Waals surface area contributed by atoms with Crippen molar-refractivity contribution < 1.29 is 13.2 Å². The number of hydrogen-bond donors (Lipinski definition) is 1. The second-order valence-corrected chi connectivity index (χ2v) is 8.58. The molecule has 0 atom stereocenters. The van der Waals surface area contributed by atoms with E-state index in [0.29, 0.717) is 25.5 Å². The molecule has 0 radical (unpaired) electrons. The van der Waals surface area contributed by atoms with Crippen molar-refractivity contribution in [3.05, 3.63) is 23.4 Å². The summed E-state index contributed by atoms with van der Waals surface area (Å²) in [6.45, 7) is 8.43. The Labute approximate surface area is 137 Å². The summed E-state index contributed by atoms with van der Waals surface area (Å²) in [7, 11) is -3.29. The van der Waals surface area contributed by atoms with Gasteiger partial charge in [-0.05, 0) is 45.4 Å². The van der Waals surface area contributed by atoms with Gasteiger partial charge in [0, 0.05) is 30.9 Å². The molecular formula is C15H24N4O3S. The minimum Gasteiger partial charge on any atom is -0.321 e. The van der Waals surface area contributed by atoms with E-state index in [9.17, 15) is 13.2 Å². The lowest BCUT2D eigenvalue weighted by Gasteiger charge is -2.45. The van der Waals surface area contributed by atoms with Gasteiger partial charge in [0.2, 0.25) is 10.0 Å². The first kappa shape index (κ1) is 17.7. The van der Waals surface area contributed by atoms with E-state index in [1.54, 1.807) is 4.90 Å². The lowest BCUT2D eigenvalue weighted by atomic mass is 10.0. The molecule has 0 bridgehead atoms. The Balaban J connectivity index is 2.10. The number of rotatable bonds is 2. The van der Waals surface area contributed by atoms with E-state index in [2.05, 4.69) is 10.3 Å². The molecule has 1 aromatic rings. The number of nitrogens with one attached hydrogen (secondary N) is 1. The van der Waals surface area contributed by atoms with Crippen molar-refractivity contribution in [2.45, 2.75) is 33.2 Å². The summed E-state index contributed by atoms with van der Waals surface area (Å²) in [6.07, 6.45) is 1.20. The van der Waals surface area contributed by atoms with Gasteiger partial charge >= 0.3 is 6.03 Å². The topological polar surface area (TPSA) is 82.6 Å². The molecule has 0 spiro atoms. The van der Waals surface area contributed by atoms with Crippen LogP contribution in [-0.4, -0.2) is 60.1 Å². The van der Waals surface area contributed by atoms with E-state index >= 15 is 0 Å². The van der Waals surface area contributed by atoms with Crippen LogP contribution in [-0.2, 0) is 10.0 Å². The zero-order valence-corrected chi connectivity index (χ0v) is 15.1. The molecule has 8 heteroatoms. The summed E-state index contributed by atoms with van der Waals surface area (Å²) in [5, 5.41) is 2.79. The predicted molar refractivity (Wildman–Crippen MR) is 89.9 cm³/mol. The highest BCUT2D eigenvalue weighted by Gasteiger charge is 2.40. The highest BCUT2D eigenvalue weighted by molar-refractivity contribution is 7.88. The van der Waals surface area contributed by atoms with E-state index in [-0.39, 0.29) is 6.03 Å². The molecule has 2 heterocycles. The van der Waals surface area contributed by atoms with Crippen molar-refractivity contribution in [1.29, 1.82) is 0 Å². The third kappa shape index (κ3) is 4.20. The number of carbonyl (C=O) groups is 1. The molecular weight excluding hydrogens is 316 g/mol. The average molecular weight is 340 g/mol. The molecule has 1 fully saturated rings. The van der Waals surface area contributed by atoms with Crippen LogP contribution in [0.5, 0.6) is 0 Å². The van der Waals surface area contributed by atoms with Crippen LogP contribution in [0.1, 0.15) is 25.1 Å². The summed E-state index contributed by atoms with van der Waals surface area (Å²) in [5.74, 6) is 0.510. The standard InChI is InChI=1S/C15H24N4O3S/c1-11-8-12(2)16-13(9-11)17-14(20)18-6-7-19(23(5,21)22)15(3,4)10-18/h8-9H,6-7,10H2,1-5H3,(H,16,17,20). The van der Waals surface area contributed by atoms with E-state index in [1.807, 2.05) is 39.8 Å². The van der Waals surface area contributed by atoms with Crippen molar-refractivity contribution in [2.24, 2.45) is 0 Å². The first-order valence-electron chi connectivity index (χ1n) is 7.48. The maximum Gasteiger partial charge on any atom is 0.323 e. The number of aryl methyl sites for hydroxylation is 2. The van der Waals surface area contributed by atoms with E-state index in [0.717, 1.165) is 11.3 Å². The SMILES string of the molecule is Cc1cc(C)nc(NC(=O)N2CCN(S(C)(=O)=O)C(C)(C)C2)c1. The molecule has 2 rings (SSSR count). The lowest BCUT2D eigenvalue weighted by Crippen LogP contribution is -2.62. The van der Waals surface area contributed by atoms with E-state index in [4.69, 9.17) is 0 Å². The minimum atomic E-state index is -3.29. The number of hydrogen-bond acceptors (Lipinski definition) is 4. The van der Waals surface area contributed by atoms with Crippen molar-refractivity contribution in [1.82, 2.24) is 14.2 Å². The largest absolute Gasteiger partial charge is 0.323 e. The maximum absolute atomic E-state index is 12.4. The molecule has 7 nitrogen and oxygen atoms in total. The number of pyridine rings is 1. The Bertz CT molecular complexity index is 695. The van der Waals surface area contributed by atoms with Crippen LogP contribution in [0, 0.1) is 13.8 Å². The highest BCUT2D eigenvalue weighted by Crippen LogP contribution is 2.24. The Morgan fingerprint density at radius 3 is 2.43 bits per heavy atom. The zero-order valence-electron chi connectivity index (χ0n) is 14.3. The summed E-state index contributed by atoms with van der Waals surface area (Å²) >= 11 is 0. The summed E-state index contributed by atoms with van der Waals surface area (Å²) in [6, 6.07) is 3.48. The van der Waals surface area contributed by atoms with Gasteiger partial charge in [-0.15, -0.1) is 0 Å². The van der Waals surface area contributed by atoms with Crippen LogP contribution < -0.4 is 5.32 Å². The molecule has 0 aromatic carbocycles. The van der Waals surface area contributed by atoms with Crippen LogP contribution in [0.4, 0.5) is 10.6 Å². The number of sulfonamides is 1. The molecule has 1 saturated heterocycles. The maximum atomic E-state index is 12.4. The lowest BCUT2D eigenvalue weighted by molar-refractivity contribution is 0.103. The van der Waals surface area contributed by atoms with Crippen LogP contribution in [0.2, 0.25) is 0 Å². The molecule has 128 valence electrons. The van der Waals surface area contributed by atoms with Crippen molar-refractivity contribution in [3.8, 4) is 0 Å². The fourth-order valence-corrected chi connectivity index (χ4v) is 4.39. The third-order valence-electron chi connectivity index (χ3n) is 3.85. The molecule has 23 heavy (non-hydrogen) atoms. The summed E-state index contributed by atoms with van der Waals surface area (Å²) in [5.41, 5.74) is 1.22. The first-order chi connectivity index (χ1) is 10.5. The smallest absolute Gasteiger partial charge is 0.321 e. The van der Waals surface area contributed by atoms with Crippen molar-refractivity contribution in [3.63, 3.8) is 0 Å². The van der Waals surface area contributed by atoms with Crippen LogP contribution in [0.3, 0.4) is 0 Å². The number of carbonyl (C=O) groups excluding carboxylic acids is 1. The van der Waals surface area contributed by atoms with Gasteiger partial charge in [-0.25, -0.2) is 18.2 Å². The second-order valence-electron chi connectivity index (χ2n) is 6.67. The Morgan fingerprint density at radius 2 is 1.91 bits per heavy atom. The number of amides is 2. The molecule has 0 saturated carbocycles. The molecule has 1 N–H and O–H groups in total. The van der Waals surface area contributed by atoms with Gasteiger partial charge in [0.25, 0.3) is 0 Å². The average Bonchev–Trinajstić information content (AvgIpc) is 2.34. The van der Waals surface area contributed by atoms with Gasteiger partial charge in [-0.1, -0.05) is 0 Å². The van der Waals surface area contributed by atoms with Gasteiger partial charge in [0.15, 0.2) is 0 Å². The normalized spacial score (nSPS) is 18.7. The van der Waals surface area contributed by atoms with Crippen molar-refractivity contribution >= 4 is 21.9 Å². The van der Waals surface area contributed by atoms with E-state index in [1.165, 1.54) is 10.6 Å². The van der Waals surface area contributed by atoms with E-state index < -0.39 is 15.6 Å². The van der Waals surface area contributed by atoms with Gasteiger partial charge in [-0.2, -0.15) is 4.31 Å². The quantitative estimate of drug-likeness (QED) is 0.886. The zero-order chi connectivity index (χ0) is 17.4. The van der Waals surface area contributed by atoms with Crippen molar-refractivity contribution in [2.75, 3.05) is 31.2 Å². The number of aromatic nitrogens is 1. The molecule has 1 aromatic heterocycles. The van der Waals surface area contributed by atoms with Crippen LogP contribution in [0.25, 0.3) is 0 Å². The predicted octanol–water partition coefficient (Wildman–Crippen LogP) is 1.59. The monoisotopic (exact) mass is 340 g/mol. The molecule has 1 aliphatic heterocycles. The minimum absolute atomic E-state index is 0.260. The first-order valence-corrected chi connectivity index (χ1v) is 9.33. The molecule has 1 aliphatic rings. The van der Waals surface area contributed by atoms with Gasteiger partial charge in [0.05, 0.1) is 6.26 Å². The number of piperazine rings is 1. The number of nitrogens with zero attached hydrogens (tertiary/aromatic N) is 3. The second kappa shape index (κ2) is 6.09. The fourth-order valence-electron chi connectivity index (χ4n) is 3.02. The molecule has 0 unspecified atom stereocenters. The van der Waals surface area contributed by atoms with Gasteiger partial charge < -0.3 is 4.90 Å².